The van der Waals surface area contributed by atoms with Crippen molar-refractivity contribution in [3.05, 3.63) is 59.9 Å². The number of benzene rings is 1. The Morgan fingerprint density at radius 1 is 1.18 bits per heavy atom. The van der Waals surface area contributed by atoms with E-state index in [1.165, 1.54) is 18.4 Å². The first-order valence-electron chi connectivity index (χ1n) is 10.1. The van der Waals surface area contributed by atoms with Crippen molar-refractivity contribution in [1.29, 1.82) is 0 Å². The Bertz CT molecular complexity index is 987. The van der Waals surface area contributed by atoms with E-state index in [9.17, 15) is 4.79 Å². The maximum Gasteiger partial charge on any atom is 0.255 e. The molecule has 1 amide bonds. The van der Waals surface area contributed by atoms with E-state index >= 15 is 0 Å². The molecule has 2 aliphatic rings. The van der Waals surface area contributed by atoms with Crippen LogP contribution in [0.15, 0.2) is 48.8 Å². The van der Waals surface area contributed by atoms with Gasteiger partial charge in [-0.3, -0.25) is 4.79 Å². The minimum Gasteiger partial charge on any atom is -0.339 e. The van der Waals surface area contributed by atoms with Gasteiger partial charge in [0.15, 0.2) is 5.65 Å². The molecular formula is C22H25N5O. The van der Waals surface area contributed by atoms with Crippen LogP contribution in [0.25, 0.3) is 11.0 Å². The van der Waals surface area contributed by atoms with E-state index in [0.717, 1.165) is 23.9 Å². The van der Waals surface area contributed by atoms with Crippen LogP contribution in [0.3, 0.4) is 0 Å². The molecule has 2 fully saturated rings. The molecule has 2 bridgehead atoms. The van der Waals surface area contributed by atoms with Crippen molar-refractivity contribution in [2.45, 2.75) is 50.4 Å². The fourth-order valence-corrected chi connectivity index (χ4v) is 4.67. The number of nitrogens with one attached hydrogen (secondary N) is 1. The largest absolute Gasteiger partial charge is 0.339 e. The Labute approximate surface area is 164 Å². The highest BCUT2D eigenvalue weighted by atomic mass is 16.2. The summed E-state index contributed by atoms with van der Waals surface area (Å²) in [6.45, 7) is 0.669. The van der Waals surface area contributed by atoms with E-state index in [1.807, 2.05) is 40.9 Å². The molecule has 144 valence electrons. The van der Waals surface area contributed by atoms with Gasteiger partial charge < -0.3 is 10.2 Å². The van der Waals surface area contributed by atoms with E-state index in [1.54, 1.807) is 12.4 Å². The van der Waals surface area contributed by atoms with E-state index in [-0.39, 0.29) is 5.91 Å². The summed E-state index contributed by atoms with van der Waals surface area (Å²) in [6.07, 6.45) is 8.05. The maximum absolute atomic E-state index is 13.1. The van der Waals surface area contributed by atoms with Gasteiger partial charge in [0.25, 0.3) is 5.91 Å². The molecule has 2 aromatic heterocycles. The Hall–Kier alpha value is -2.73. The lowest BCUT2D eigenvalue weighted by Gasteiger charge is -2.35. The van der Waals surface area contributed by atoms with Gasteiger partial charge in [-0.15, -0.1) is 0 Å². The molecule has 1 N–H and O–H groups in total. The van der Waals surface area contributed by atoms with Crippen LogP contribution in [0.1, 0.15) is 41.6 Å². The molecule has 28 heavy (non-hydrogen) atoms. The molecule has 3 aromatic rings. The summed E-state index contributed by atoms with van der Waals surface area (Å²) in [6, 6.07) is 13.6. The zero-order valence-corrected chi connectivity index (χ0v) is 16.1. The van der Waals surface area contributed by atoms with E-state index in [2.05, 4.69) is 27.5 Å². The number of hydrogen-bond acceptors (Lipinski definition) is 4. The summed E-state index contributed by atoms with van der Waals surface area (Å²) < 4.78 is 1.88. The van der Waals surface area contributed by atoms with Crippen molar-refractivity contribution in [2.75, 3.05) is 7.05 Å². The number of rotatable bonds is 4. The maximum atomic E-state index is 13.1. The van der Waals surface area contributed by atoms with Crippen LogP contribution in [0.4, 0.5) is 0 Å². The van der Waals surface area contributed by atoms with Crippen LogP contribution < -0.4 is 5.32 Å². The fraction of sp³-hybridized carbons (Fsp3) is 0.409. The number of carbonyl (C=O) groups excluding carboxylic acids is 1. The van der Waals surface area contributed by atoms with Crippen molar-refractivity contribution in [1.82, 2.24) is 25.0 Å². The van der Waals surface area contributed by atoms with Crippen molar-refractivity contribution in [3.63, 3.8) is 0 Å². The molecule has 0 aliphatic carbocycles. The number of nitrogens with zero attached hydrogens (tertiary/aromatic N) is 4. The summed E-state index contributed by atoms with van der Waals surface area (Å²) in [4.78, 5) is 19.5. The van der Waals surface area contributed by atoms with Crippen LogP contribution in [0.2, 0.25) is 0 Å². The van der Waals surface area contributed by atoms with Crippen LogP contribution >= 0.6 is 0 Å². The molecule has 2 saturated heterocycles. The van der Waals surface area contributed by atoms with E-state index < -0.39 is 0 Å². The minimum absolute atomic E-state index is 0.0523. The number of pyridine rings is 1. The predicted molar refractivity (Wildman–Crippen MR) is 108 cm³/mol. The van der Waals surface area contributed by atoms with Gasteiger partial charge in [-0.05, 0) is 37.3 Å². The standard InChI is InChI=1S/C22H25N5O/c1-26(20-10-18-7-8-19(11-20)25-18)22(28)17-9-16-13-24-27(21(16)23-12-17)14-15-5-3-2-4-6-15/h2-6,9,12-13,18-20,25H,7-8,10-11,14H2,1H3. The minimum atomic E-state index is 0.0523. The average molecular weight is 375 g/mol. The Morgan fingerprint density at radius 3 is 2.68 bits per heavy atom. The third-order valence-electron chi connectivity index (χ3n) is 6.21. The molecule has 6 nitrogen and oxygen atoms in total. The average Bonchev–Trinajstić information content (AvgIpc) is 3.29. The van der Waals surface area contributed by atoms with Gasteiger partial charge in [-0.2, -0.15) is 5.10 Å². The molecule has 5 rings (SSSR count). The van der Waals surface area contributed by atoms with Crippen LogP contribution in [-0.4, -0.2) is 50.7 Å². The molecule has 1 aromatic carbocycles. The molecule has 6 heteroatoms. The molecule has 4 heterocycles. The molecule has 0 radical (unpaired) electrons. The van der Waals surface area contributed by atoms with Gasteiger partial charge in [-0.1, -0.05) is 30.3 Å². The predicted octanol–water partition coefficient (Wildman–Crippen LogP) is 2.83. The number of hydrogen-bond donors (Lipinski definition) is 1. The quantitative estimate of drug-likeness (QED) is 0.762. The Kier molecular flexibility index (Phi) is 4.36. The molecule has 0 saturated carbocycles. The lowest BCUT2D eigenvalue weighted by Crippen LogP contribution is -2.48. The second-order valence-electron chi connectivity index (χ2n) is 8.10. The summed E-state index contributed by atoms with van der Waals surface area (Å²) in [7, 11) is 1.93. The van der Waals surface area contributed by atoms with Gasteiger partial charge in [0, 0.05) is 36.8 Å². The second kappa shape index (κ2) is 7.02. The molecule has 0 spiro atoms. The summed E-state index contributed by atoms with van der Waals surface area (Å²) in [5.41, 5.74) is 2.62. The highest BCUT2D eigenvalue weighted by molar-refractivity contribution is 5.96. The molecular weight excluding hydrogens is 350 g/mol. The van der Waals surface area contributed by atoms with E-state index in [0.29, 0.717) is 30.2 Å². The summed E-state index contributed by atoms with van der Waals surface area (Å²) in [5, 5.41) is 9.02. The number of carbonyl (C=O) groups is 1. The van der Waals surface area contributed by atoms with Crippen molar-refractivity contribution < 1.29 is 4.79 Å². The second-order valence-corrected chi connectivity index (χ2v) is 8.10. The first-order valence-corrected chi connectivity index (χ1v) is 10.1. The van der Waals surface area contributed by atoms with Crippen LogP contribution in [-0.2, 0) is 6.54 Å². The number of piperidine rings is 1. The number of amides is 1. The zero-order chi connectivity index (χ0) is 19.1. The third kappa shape index (κ3) is 3.18. The zero-order valence-electron chi connectivity index (χ0n) is 16.1. The lowest BCUT2D eigenvalue weighted by atomic mass is 9.98. The lowest BCUT2D eigenvalue weighted by molar-refractivity contribution is 0.0681. The normalized spacial score (nSPS) is 23.8. The van der Waals surface area contributed by atoms with Crippen molar-refractivity contribution in [3.8, 4) is 0 Å². The van der Waals surface area contributed by atoms with Gasteiger partial charge >= 0.3 is 0 Å². The fourth-order valence-electron chi connectivity index (χ4n) is 4.67. The van der Waals surface area contributed by atoms with Crippen molar-refractivity contribution >= 4 is 16.9 Å². The van der Waals surface area contributed by atoms with Gasteiger partial charge in [-0.25, -0.2) is 9.67 Å². The van der Waals surface area contributed by atoms with Gasteiger partial charge in [0.05, 0.1) is 18.3 Å². The van der Waals surface area contributed by atoms with Gasteiger partial charge in [0.1, 0.15) is 0 Å². The Balaban J connectivity index is 1.35. The van der Waals surface area contributed by atoms with Crippen LogP contribution in [0.5, 0.6) is 0 Å². The topological polar surface area (TPSA) is 63.1 Å². The smallest absolute Gasteiger partial charge is 0.255 e. The highest BCUT2D eigenvalue weighted by Crippen LogP contribution is 2.30. The molecule has 2 unspecified atom stereocenters. The highest BCUT2D eigenvalue weighted by Gasteiger charge is 2.36. The summed E-state index contributed by atoms with van der Waals surface area (Å²) in [5.74, 6) is 0.0523. The van der Waals surface area contributed by atoms with E-state index in [4.69, 9.17) is 0 Å². The van der Waals surface area contributed by atoms with Crippen LogP contribution in [0, 0.1) is 0 Å². The number of fused-ring (bicyclic) bond motifs is 3. The van der Waals surface area contributed by atoms with Crippen molar-refractivity contribution in [2.24, 2.45) is 0 Å². The SMILES string of the molecule is CN(C(=O)c1cnc2c(cnn2Cc2ccccc2)c1)C1CC2CCC(C1)N2. The first-order chi connectivity index (χ1) is 13.7. The Morgan fingerprint density at radius 2 is 1.93 bits per heavy atom. The third-order valence-corrected chi connectivity index (χ3v) is 6.21. The molecule has 2 aliphatic heterocycles. The monoisotopic (exact) mass is 375 g/mol. The summed E-state index contributed by atoms with van der Waals surface area (Å²) >= 11 is 0. The van der Waals surface area contributed by atoms with Gasteiger partial charge in [0.2, 0.25) is 0 Å². The number of aromatic nitrogens is 3. The first kappa shape index (κ1) is 17.4. The molecule has 2 atom stereocenters.